The summed E-state index contributed by atoms with van der Waals surface area (Å²) in [4.78, 5) is 17.1. The number of carbonyl (C=O) groups excluding carboxylic acids is 1. The highest BCUT2D eigenvalue weighted by Crippen LogP contribution is 2.39. The van der Waals surface area contributed by atoms with E-state index in [0.29, 0.717) is 12.1 Å². The van der Waals surface area contributed by atoms with Gasteiger partial charge in [-0.3, -0.25) is 14.5 Å². The topological polar surface area (TPSA) is 76.1 Å². The maximum atomic E-state index is 13.8. The minimum Gasteiger partial charge on any atom is -0.289 e. The Morgan fingerprint density at radius 1 is 0.738 bits per heavy atom. The van der Waals surface area contributed by atoms with Crippen LogP contribution in [0.4, 0.5) is 32.0 Å². The first-order chi connectivity index (χ1) is 19.8. The molecule has 5 rings (SSSR count). The van der Waals surface area contributed by atoms with Crippen LogP contribution < -0.4 is 4.72 Å². The van der Waals surface area contributed by atoms with E-state index in [1.807, 2.05) is 0 Å². The van der Waals surface area contributed by atoms with Gasteiger partial charge in [0.1, 0.15) is 0 Å². The Bertz CT molecular complexity index is 1900. The Morgan fingerprint density at radius 2 is 1.40 bits per heavy atom. The lowest BCUT2D eigenvalue weighted by Gasteiger charge is -2.17. The van der Waals surface area contributed by atoms with Gasteiger partial charge in [0, 0.05) is 34.0 Å². The van der Waals surface area contributed by atoms with Crippen LogP contribution in [0.15, 0.2) is 108 Å². The summed E-state index contributed by atoms with van der Waals surface area (Å²) in [6.45, 7) is 0. The molecule has 0 aliphatic heterocycles. The van der Waals surface area contributed by atoms with Gasteiger partial charge >= 0.3 is 12.4 Å². The van der Waals surface area contributed by atoms with Crippen molar-refractivity contribution in [3.63, 3.8) is 0 Å². The minimum absolute atomic E-state index is 0.00866. The van der Waals surface area contributed by atoms with Gasteiger partial charge in [-0.2, -0.15) is 26.3 Å². The molecule has 5 nitrogen and oxygen atoms in total. The Balaban J connectivity index is 1.64. The number of para-hydroxylation sites is 1. The lowest BCUT2D eigenvalue weighted by Crippen LogP contribution is -2.14. The summed E-state index contributed by atoms with van der Waals surface area (Å²) in [5.41, 5.74) is -1.95. The van der Waals surface area contributed by atoms with Crippen molar-refractivity contribution in [3.05, 3.63) is 126 Å². The Morgan fingerprint density at radius 3 is 2.05 bits per heavy atom. The number of hydrogen-bond donors (Lipinski definition) is 1. The van der Waals surface area contributed by atoms with Gasteiger partial charge in [0.25, 0.3) is 10.0 Å². The van der Waals surface area contributed by atoms with Crippen LogP contribution in [0.5, 0.6) is 0 Å². The fourth-order valence-corrected chi connectivity index (χ4v) is 5.50. The molecule has 0 bridgehead atoms. The Hall–Kier alpha value is -4.71. The molecule has 42 heavy (non-hydrogen) atoms. The maximum Gasteiger partial charge on any atom is 0.418 e. The Kier molecular flexibility index (Phi) is 7.27. The van der Waals surface area contributed by atoms with E-state index in [0.717, 1.165) is 24.4 Å². The summed E-state index contributed by atoms with van der Waals surface area (Å²) in [7, 11) is -4.36. The van der Waals surface area contributed by atoms with Crippen LogP contribution in [0, 0.1) is 0 Å². The van der Waals surface area contributed by atoms with Gasteiger partial charge in [0.05, 0.1) is 21.5 Å². The van der Waals surface area contributed by atoms with Crippen molar-refractivity contribution in [3.8, 4) is 11.1 Å². The fourth-order valence-electron chi connectivity index (χ4n) is 4.46. The molecular formula is C30H18F6N2O3S. The maximum absolute atomic E-state index is 13.8. The van der Waals surface area contributed by atoms with Crippen molar-refractivity contribution in [2.45, 2.75) is 17.2 Å². The third-order valence-corrected chi connectivity index (χ3v) is 7.78. The van der Waals surface area contributed by atoms with Crippen molar-refractivity contribution < 1.29 is 39.6 Å². The monoisotopic (exact) mass is 600 g/mol. The molecule has 0 atom stereocenters. The zero-order valence-electron chi connectivity index (χ0n) is 21.2. The first-order valence-corrected chi connectivity index (χ1v) is 13.6. The van der Waals surface area contributed by atoms with Crippen molar-refractivity contribution in [1.29, 1.82) is 0 Å². The third kappa shape index (κ3) is 5.70. The molecule has 4 aromatic carbocycles. The van der Waals surface area contributed by atoms with Crippen LogP contribution in [0.3, 0.4) is 0 Å². The summed E-state index contributed by atoms with van der Waals surface area (Å²) >= 11 is 0. The molecule has 214 valence electrons. The number of hydrogen-bond acceptors (Lipinski definition) is 4. The first kappa shape index (κ1) is 28.8. The van der Waals surface area contributed by atoms with Crippen LogP contribution in [0.1, 0.15) is 27.0 Å². The number of alkyl halides is 6. The molecule has 0 amide bonds. The number of pyridine rings is 1. The predicted molar refractivity (Wildman–Crippen MR) is 144 cm³/mol. The number of halogens is 6. The number of aromatic nitrogens is 1. The molecule has 0 unspecified atom stereocenters. The van der Waals surface area contributed by atoms with Gasteiger partial charge in [-0.1, -0.05) is 54.6 Å². The van der Waals surface area contributed by atoms with E-state index in [-0.39, 0.29) is 33.3 Å². The summed E-state index contributed by atoms with van der Waals surface area (Å²) in [5.74, 6) is -0.520. The van der Waals surface area contributed by atoms with E-state index in [4.69, 9.17) is 0 Å². The second-order valence-electron chi connectivity index (χ2n) is 9.15. The van der Waals surface area contributed by atoms with Gasteiger partial charge in [-0.05, 0) is 48.0 Å². The zero-order valence-corrected chi connectivity index (χ0v) is 22.0. The third-order valence-electron chi connectivity index (χ3n) is 6.38. The molecular weight excluding hydrogens is 582 g/mol. The smallest absolute Gasteiger partial charge is 0.289 e. The lowest BCUT2D eigenvalue weighted by molar-refractivity contribution is -0.138. The van der Waals surface area contributed by atoms with Gasteiger partial charge < -0.3 is 0 Å². The molecule has 1 N–H and O–H groups in total. The summed E-state index contributed by atoms with van der Waals surface area (Å²) in [5, 5.41) is 0.00866. The number of fused-ring (bicyclic) bond motifs is 1. The van der Waals surface area contributed by atoms with Crippen LogP contribution in [-0.4, -0.2) is 19.2 Å². The lowest BCUT2D eigenvalue weighted by atomic mass is 9.91. The highest BCUT2D eigenvalue weighted by atomic mass is 32.2. The SMILES string of the molecule is O=C(c1ccccc1)c1cnc2c(C(F)(F)F)cccc2c1-c1cccc(NS(=O)(=O)c2ccc(C(F)(F)F)cc2)c1. The highest BCUT2D eigenvalue weighted by molar-refractivity contribution is 7.92. The standard InChI is InChI=1S/C30H18F6N2O3S/c31-29(32,33)20-12-14-22(15-13-20)42(40,41)38-21-9-4-8-19(16-21)26-23-10-5-11-25(30(34,35)36)27(23)37-17-24(26)28(39)18-6-2-1-3-7-18/h1-17,38H. The van der Waals surface area contributed by atoms with Gasteiger partial charge in [0.2, 0.25) is 0 Å². The molecule has 0 aliphatic rings. The number of anilines is 1. The summed E-state index contributed by atoms with van der Waals surface area (Å²) < 4.78 is 108. The normalized spacial score (nSPS) is 12.3. The molecule has 12 heteroatoms. The van der Waals surface area contributed by atoms with E-state index in [1.54, 1.807) is 18.2 Å². The van der Waals surface area contributed by atoms with Gasteiger partial charge in [0.15, 0.2) is 5.78 Å². The summed E-state index contributed by atoms with van der Waals surface area (Å²) in [6.07, 6.45) is -8.34. The molecule has 0 aliphatic carbocycles. The predicted octanol–water partition coefficient (Wildman–Crippen LogP) is 7.97. The molecule has 0 radical (unpaired) electrons. The van der Waals surface area contributed by atoms with Crippen LogP contribution in [0.2, 0.25) is 0 Å². The quantitative estimate of drug-likeness (QED) is 0.158. The molecule has 0 saturated carbocycles. The van der Waals surface area contributed by atoms with E-state index in [9.17, 15) is 39.6 Å². The molecule has 0 fully saturated rings. The second-order valence-corrected chi connectivity index (χ2v) is 10.8. The van der Waals surface area contributed by atoms with E-state index < -0.39 is 49.7 Å². The number of nitrogens with one attached hydrogen (secondary N) is 1. The van der Waals surface area contributed by atoms with Crippen molar-refractivity contribution >= 4 is 32.4 Å². The highest BCUT2D eigenvalue weighted by Gasteiger charge is 2.34. The number of carbonyl (C=O) groups is 1. The first-order valence-electron chi connectivity index (χ1n) is 12.1. The zero-order chi connectivity index (χ0) is 30.3. The molecule has 0 spiro atoms. The van der Waals surface area contributed by atoms with Crippen molar-refractivity contribution in [2.75, 3.05) is 4.72 Å². The average Bonchev–Trinajstić information content (AvgIpc) is 2.95. The Labute approximate surface area is 235 Å². The van der Waals surface area contributed by atoms with E-state index >= 15 is 0 Å². The van der Waals surface area contributed by atoms with Crippen LogP contribution in [-0.2, 0) is 22.4 Å². The van der Waals surface area contributed by atoms with Crippen molar-refractivity contribution in [2.24, 2.45) is 0 Å². The van der Waals surface area contributed by atoms with E-state index in [1.165, 1.54) is 48.5 Å². The second kappa shape index (κ2) is 10.6. The number of rotatable bonds is 6. The number of benzene rings is 4. The largest absolute Gasteiger partial charge is 0.418 e. The van der Waals surface area contributed by atoms with Crippen LogP contribution in [0.25, 0.3) is 22.0 Å². The number of ketones is 1. The van der Waals surface area contributed by atoms with Gasteiger partial charge in [-0.25, -0.2) is 8.42 Å². The molecule has 1 heterocycles. The number of nitrogens with zero attached hydrogens (tertiary/aromatic N) is 1. The average molecular weight is 601 g/mol. The summed E-state index contributed by atoms with van der Waals surface area (Å²) in [6, 6.07) is 19.9. The fraction of sp³-hybridized carbons (Fsp3) is 0.0667. The molecule has 0 saturated heterocycles. The van der Waals surface area contributed by atoms with Crippen molar-refractivity contribution in [1.82, 2.24) is 4.98 Å². The van der Waals surface area contributed by atoms with Crippen LogP contribution >= 0.6 is 0 Å². The van der Waals surface area contributed by atoms with E-state index in [2.05, 4.69) is 9.71 Å². The number of sulfonamides is 1. The molecule has 1 aromatic heterocycles. The van der Waals surface area contributed by atoms with Gasteiger partial charge in [-0.15, -0.1) is 0 Å². The minimum atomic E-state index is -4.74. The molecule has 5 aromatic rings.